The van der Waals surface area contributed by atoms with E-state index in [0.29, 0.717) is 31.6 Å². The van der Waals surface area contributed by atoms with Gasteiger partial charge in [0.05, 0.1) is 6.42 Å². The fraction of sp³-hybridized carbons (Fsp3) is 0.500. The van der Waals surface area contributed by atoms with E-state index < -0.39 is 17.2 Å². The van der Waals surface area contributed by atoms with Gasteiger partial charge in [-0.05, 0) is 49.9 Å². The Bertz CT molecular complexity index is 565. The fourth-order valence-electron chi connectivity index (χ4n) is 2.17. The van der Waals surface area contributed by atoms with Crippen LogP contribution in [-0.4, -0.2) is 36.8 Å². The van der Waals surface area contributed by atoms with E-state index in [9.17, 15) is 19.7 Å². The van der Waals surface area contributed by atoms with E-state index >= 15 is 0 Å². The molecule has 0 heterocycles. The lowest BCUT2D eigenvalue weighted by Crippen LogP contribution is -2.21. The molecule has 0 bridgehead atoms. The van der Waals surface area contributed by atoms with Crippen molar-refractivity contribution in [2.45, 2.75) is 38.2 Å². The van der Waals surface area contributed by atoms with Crippen LogP contribution in [0.4, 0.5) is 0 Å². The Hall–Kier alpha value is -2.68. The van der Waals surface area contributed by atoms with Gasteiger partial charge in [0.1, 0.15) is 18.5 Å². The quantitative estimate of drug-likeness (QED) is 0.140. The number of hydrogen-bond acceptors (Lipinski definition) is 8. The van der Waals surface area contributed by atoms with Crippen molar-refractivity contribution in [2.75, 3.05) is 13.2 Å². The second-order valence-electron chi connectivity index (χ2n) is 5.27. The molecule has 0 aliphatic carbocycles. The largest absolute Gasteiger partial charge is 0.464 e. The molecule has 0 spiro atoms. The number of hydrogen-bond donors (Lipinski definition) is 1. The van der Waals surface area contributed by atoms with E-state index in [-0.39, 0.29) is 13.0 Å². The summed E-state index contributed by atoms with van der Waals surface area (Å²) >= 11 is 0. The molecule has 0 aliphatic rings. The first-order chi connectivity index (χ1) is 12.0. The van der Waals surface area contributed by atoms with E-state index in [1.54, 1.807) is 24.3 Å². The van der Waals surface area contributed by atoms with Crippen LogP contribution in [0.2, 0.25) is 0 Å². The second-order valence-corrected chi connectivity index (χ2v) is 5.27. The number of nitrogens with zero attached hydrogens (tertiary/aromatic N) is 1. The van der Waals surface area contributed by atoms with Crippen molar-refractivity contribution in [3.05, 3.63) is 39.9 Å². The van der Waals surface area contributed by atoms with Crippen molar-refractivity contribution in [3.8, 4) is 5.75 Å². The lowest BCUT2D eigenvalue weighted by atomic mass is 10.1. The standard InChI is InChI=1S/C16H22N2O7/c17-8-2-1-5-14(23-12-19)11-16(20)25-15-6-3-4-13(10-15)7-9-24-18(21)22/h3-4,6,10,12,14H,1-2,5,7-9,11,17H2. The number of benzene rings is 1. The molecule has 1 atom stereocenters. The number of carbonyl (C=O) groups excluding carboxylic acids is 2. The lowest BCUT2D eigenvalue weighted by Gasteiger charge is -2.14. The van der Waals surface area contributed by atoms with Crippen LogP contribution >= 0.6 is 0 Å². The van der Waals surface area contributed by atoms with Crippen molar-refractivity contribution in [1.82, 2.24) is 0 Å². The van der Waals surface area contributed by atoms with Crippen LogP contribution in [0.15, 0.2) is 24.3 Å². The average Bonchev–Trinajstić information content (AvgIpc) is 2.55. The summed E-state index contributed by atoms with van der Waals surface area (Å²) in [6, 6.07) is 6.61. The Kier molecular flexibility index (Phi) is 9.61. The number of esters is 1. The normalized spacial score (nSPS) is 11.4. The average molecular weight is 354 g/mol. The molecule has 1 aromatic carbocycles. The molecule has 2 N–H and O–H groups in total. The first-order valence-electron chi connectivity index (χ1n) is 7.91. The lowest BCUT2D eigenvalue weighted by molar-refractivity contribution is -0.757. The molecule has 0 saturated heterocycles. The summed E-state index contributed by atoms with van der Waals surface area (Å²) < 4.78 is 10.1. The van der Waals surface area contributed by atoms with Gasteiger partial charge >= 0.3 is 5.97 Å². The van der Waals surface area contributed by atoms with Gasteiger partial charge in [0.2, 0.25) is 0 Å². The van der Waals surface area contributed by atoms with Crippen LogP contribution in [-0.2, 0) is 25.6 Å². The molecule has 9 nitrogen and oxygen atoms in total. The molecule has 0 saturated carbocycles. The summed E-state index contributed by atoms with van der Waals surface area (Å²) in [7, 11) is 0. The van der Waals surface area contributed by atoms with Gasteiger partial charge in [0.15, 0.2) is 0 Å². The summed E-state index contributed by atoms with van der Waals surface area (Å²) in [5.74, 6) is -0.214. The number of nitrogens with two attached hydrogens (primary N) is 1. The maximum Gasteiger partial charge on any atom is 0.314 e. The van der Waals surface area contributed by atoms with Crippen molar-refractivity contribution in [2.24, 2.45) is 5.73 Å². The van der Waals surface area contributed by atoms with E-state index in [2.05, 4.69) is 4.84 Å². The van der Waals surface area contributed by atoms with E-state index in [1.807, 2.05) is 0 Å². The number of rotatable bonds is 13. The van der Waals surface area contributed by atoms with Crippen LogP contribution in [0.1, 0.15) is 31.2 Å². The molecule has 1 rings (SSSR count). The first kappa shape index (κ1) is 20.4. The highest BCUT2D eigenvalue weighted by molar-refractivity contribution is 5.73. The van der Waals surface area contributed by atoms with Crippen LogP contribution in [0.5, 0.6) is 5.75 Å². The summed E-state index contributed by atoms with van der Waals surface area (Å²) in [6.45, 7) is 0.766. The van der Waals surface area contributed by atoms with E-state index in [0.717, 1.165) is 18.4 Å². The van der Waals surface area contributed by atoms with Crippen molar-refractivity contribution >= 4 is 12.4 Å². The van der Waals surface area contributed by atoms with Gasteiger partial charge in [0, 0.05) is 0 Å². The third-order valence-corrected chi connectivity index (χ3v) is 3.34. The zero-order chi connectivity index (χ0) is 18.5. The smallest absolute Gasteiger partial charge is 0.314 e. The summed E-state index contributed by atoms with van der Waals surface area (Å²) in [6.07, 6.45) is 1.76. The maximum atomic E-state index is 12.0. The van der Waals surface area contributed by atoms with Crippen molar-refractivity contribution in [1.29, 1.82) is 0 Å². The van der Waals surface area contributed by atoms with Gasteiger partial charge in [-0.3, -0.25) is 9.59 Å². The minimum absolute atomic E-state index is 0.0576. The van der Waals surface area contributed by atoms with Gasteiger partial charge < -0.3 is 20.0 Å². The zero-order valence-corrected chi connectivity index (χ0v) is 13.8. The summed E-state index contributed by atoms with van der Waals surface area (Å²) in [4.78, 5) is 36.9. The highest BCUT2D eigenvalue weighted by atomic mass is 16.9. The van der Waals surface area contributed by atoms with Gasteiger partial charge in [-0.1, -0.05) is 12.1 Å². The predicted molar refractivity (Wildman–Crippen MR) is 87.2 cm³/mol. The highest BCUT2D eigenvalue weighted by Gasteiger charge is 2.16. The Morgan fingerprint density at radius 3 is 2.84 bits per heavy atom. The number of ether oxygens (including phenoxy) is 2. The van der Waals surface area contributed by atoms with E-state index in [4.69, 9.17) is 15.2 Å². The molecule has 1 aromatic rings. The van der Waals surface area contributed by atoms with Crippen molar-refractivity contribution < 1.29 is 29.0 Å². The van der Waals surface area contributed by atoms with Gasteiger partial charge in [-0.15, -0.1) is 10.1 Å². The second kappa shape index (κ2) is 11.8. The summed E-state index contributed by atoms with van der Waals surface area (Å²) in [5.41, 5.74) is 6.14. The SMILES string of the molecule is NCCCCC(CC(=O)Oc1cccc(CCO[N+](=O)[O-])c1)OC=O. The van der Waals surface area contributed by atoms with Crippen LogP contribution in [0.25, 0.3) is 0 Å². The summed E-state index contributed by atoms with van der Waals surface area (Å²) in [5, 5.41) is 9.26. The molecule has 0 amide bonds. The Morgan fingerprint density at radius 1 is 1.36 bits per heavy atom. The topological polar surface area (TPSA) is 131 Å². The molecular weight excluding hydrogens is 332 g/mol. The molecule has 1 unspecified atom stereocenters. The Balaban J connectivity index is 2.51. The minimum Gasteiger partial charge on any atom is -0.464 e. The predicted octanol–water partition coefficient (Wildman–Crippen LogP) is 1.40. The van der Waals surface area contributed by atoms with Crippen molar-refractivity contribution in [3.63, 3.8) is 0 Å². The number of carbonyl (C=O) groups is 2. The first-order valence-corrected chi connectivity index (χ1v) is 7.91. The molecule has 0 radical (unpaired) electrons. The zero-order valence-electron chi connectivity index (χ0n) is 13.8. The van der Waals surface area contributed by atoms with Gasteiger partial charge in [0.25, 0.3) is 11.6 Å². The molecular formula is C16H22N2O7. The van der Waals surface area contributed by atoms with Crippen LogP contribution < -0.4 is 10.5 Å². The maximum absolute atomic E-state index is 12.0. The third-order valence-electron chi connectivity index (χ3n) is 3.34. The van der Waals surface area contributed by atoms with E-state index in [1.165, 1.54) is 0 Å². The molecule has 138 valence electrons. The third kappa shape index (κ3) is 9.26. The minimum atomic E-state index is -0.859. The molecule has 9 heteroatoms. The van der Waals surface area contributed by atoms with Gasteiger partial charge in [-0.25, -0.2) is 0 Å². The van der Waals surface area contributed by atoms with Crippen LogP contribution in [0.3, 0.4) is 0 Å². The molecule has 0 aliphatic heterocycles. The monoisotopic (exact) mass is 354 g/mol. The Morgan fingerprint density at radius 2 is 2.16 bits per heavy atom. The molecule has 25 heavy (non-hydrogen) atoms. The molecule has 0 aromatic heterocycles. The number of unbranched alkanes of at least 4 members (excludes halogenated alkanes) is 1. The van der Waals surface area contributed by atoms with Crippen LogP contribution in [0, 0.1) is 10.1 Å². The fourth-order valence-corrected chi connectivity index (χ4v) is 2.17. The van der Waals surface area contributed by atoms with Gasteiger partial charge in [-0.2, -0.15) is 0 Å². The highest BCUT2D eigenvalue weighted by Crippen LogP contribution is 2.16. The molecule has 0 fully saturated rings. The Labute approximate surface area is 145 Å².